The average molecular weight is 295 g/mol. The smallest absolute Gasteiger partial charge is 0.270 e. The first kappa shape index (κ1) is 12.7. The Balaban J connectivity index is 1.50. The van der Waals surface area contributed by atoms with E-state index < -0.39 is 0 Å². The van der Waals surface area contributed by atoms with Crippen molar-refractivity contribution in [3.8, 4) is 11.5 Å². The predicted octanol–water partition coefficient (Wildman–Crippen LogP) is 1.99. The molecule has 1 aliphatic rings. The Hall–Kier alpha value is -3.02. The van der Waals surface area contributed by atoms with Gasteiger partial charge in [-0.05, 0) is 29.8 Å². The highest BCUT2D eigenvalue weighted by molar-refractivity contribution is 5.93. The molecule has 1 N–H and O–H groups in total. The fourth-order valence-electron chi connectivity index (χ4n) is 2.42. The van der Waals surface area contributed by atoms with Crippen LogP contribution in [0.1, 0.15) is 16.1 Å². The third kappa shape index (κ3) is 2.14. The van der Waals surface area contributed by atoms with Crippen molar-refractivity contribution in [1.29, 1.82) is 0 Å². The first-order valence-corrected chi connectivity index (χ1v) is 6.90. The molecule has 0 bridgehead atoms. The highest BCUT2D eigenvalue weighted by Gasteiger charge is 2.15. The Bertz CT molecular complexity index is 857. The molecule has 1 aliphatic heterocycles. The van der Waals surface area contributed by atoms with Crippen LogP contribution in [-0.4, -0.2) is 22.1 Å². The summed E-state index contributed by atoms with van der Waals surface area (Å²) in [5.74, 6) is 1.27. The number of nitrogens with zero attached hydrogens (tertiary/aromatic N) is 2. The van der Waals surface area contributed by atoms with Crippen LogP contribution < -0.4 is 14.8 Å². The van der Waals surface area contributed by atoms with Crippen LogP contribution in [0, 0.1) is 0 Å². The first-order chi connectivity index (χ1) is 10.8. The van der Waals surface area contributed by atoms with Crippen molar-refractivity contribution in [2.24, 2.45) is 0 Å². The van der Waals surface area contributed by atoms with Crippen LogP contribution in [0.3, 0.4) is 0 Å². The number of imidazole rings is 1. The van der Waals surface area contributed by atoms with Crippen LogP contribution in [0.2, 0.25) is 0 Å². The molecule has 0 fully saturated rings. The Kier molecular flexibility index (Phi) is 2.93. The maximum Gasteiger partial charge on any atom is 0.270 e. The number of pyridine rings is 1. The number of amides is 1. The van der Waals surface area contributed by atoms with Crippen LogP contribution >= 0.6 is 0 Å². The molecule has 6 nitrogen and oxygen atoms in total. The number of fused-ring (bicyclic) bond motifs is 2. The molecular weight excluding hydrogens is 282 g/mol. The van der Waals surface area contributed by atoms with Crippen molar-refractivity contribution in [3.63, 3.8) is 0 Å². The summed E-state index contributed by atoms with van der Waals surface area (Å²) < 4.78 is 12.4. The van der Waals surface area contributed by atoms with E-state index in [1.807, 2.05) is 42.6 Å². The second-order valence-corrected chi connectivity index (χ2v) is 4.94. The molecule has 3 heterocycles. The van der Waals surface area contributed by atoms with E-state index in [-0.39, 0.29) is 12.7 Å². The zero-order chi connectivity index (χ0) is 14.9. The molecule has 0 spiro atoms. The molecule has 4 rings (SSSR count). The van der Waals surface area contributed by atoms with E-state index in [9.17, 15) is 4.79 Å². The monoisotopic (exact) mass is 295 g/mol. The van der Waals surface area contributed by atoms with Gasteiger partial charge in [-0.2, -0.15) is 0 Å². The van der Waals surface area contributed by atoms with Crippen LogP contribution in [0.4, 0.5) is 0 Å². The van der Waals surface area contributed by atoms with Gasteiger partial charge in [-0.15, -0.1) is 0 Å². The minimum absolute atomic E-state index is 0.170. The normalized spacial score (nSPS) is 12.5. The van der Waals surface area contributed by atoms with Crippen LogP contribution in [0.5, 0.6) is 11.5 Å². The fraction of sp³-hybridized carbons (Fsp3) is 0.125. The number of aromatic nitrogens is 2. The maximum absolute atomic E-state index is 12.3. The number of ether oxygens (including phenoxy) is 2. The SMILES string of the molecule is O=C(NCc1ccc2c(c1)OCO2)c1cnc2ccccn12. The molecule has 0 saturated carbocycles. The number of carbonyl (C=O) groups excluding carboxylic acids is 1. The molecule has 2 aromatic heterocycles. The van der Waals surface area contributed by atoms with Crippen molar-refractivity contribution >= 4 is 11.6 Å². The fourth-order valence-corrected chi connectivity index (χ4v) is 2.42. The number of nitrogens with one attached hydrogen (secondary N) is 1. The molecule has 3 aromatic rings. The Morgan fingerprint density at radius 1 is 1.23 bits per heavy atom. The highest BCUT2D eigenvalue weighted by Crippen LogP contribution is 2.32. The predicted molar refractivity (Wildman–Crippen MR) is 78.9 cm³/mol. The molecule has 6 heteroatoms. The van der Waals surface area contributed by atoms with Crippen LogP contribution in [0.25, 0.3) is 5.65 Å². The number of hydrogen-bond donors (Lipinski definition) is 1. The van der Waals surface area contributed by atoms with Gasteiger partial charge in [0.25, 0.3) is 5.91 Å². The summed E-state index contributed by atoms with van der Waals surface area (Å²) in [6.45, 7) is 0.655. The molecule has 0 atom stereocenters. The van der Waals surface area contributed by atoms with Gasteiger partial charge >= 0.3 is 0 Å². The molecule has 0 saturated heterocycles. The van der Waals surface area contributed by atoms with Crippen molar-refractivity contribution < 1.29 is 14.3 Å². The van der Waals surface area contributed by atoms with E-state index >= 15 is 0 Å². The number of benzene rings is 1. The van der Waals surface area contributed by atoms with Gasteiger partial charge in [0.15, 0.2) is 11.5 Å². The largest absolute Gasteiger partial charge is 0.454 e. The first-order valence-electron chi connectivity index (χ1n) is 6.90. The molecule has 0 unspecified atom stereocenters. The highest BCUT2D eigenvalue weighted by atomic mass is 16.7. The molecule has 22 heavy (non-hydrogen) atoms. The van der Waals surface area contributed by atoms with Crippen molar-refractivity contribution in [3.05, 3.63) is 60.0 Å². The standard InChI is InChI=1S/C16H13N3O3/c20-16(12-9-17-15-3-1-2-6-19(12)15)18-8-11-4-5-13-14(7-11)22-10-21-13/h1-7,9H,8,10H2,(H,18,20). The molecule has 0 radical (unpaired) electrons. The van der Waals surface area contributed by atoms with Gasteiger partial charge in [-0.25, -0.2) is 4.98 Å². The van der Waals surface area contributed by atoms with Crippen molar-refractivity contribution in [2.75, 3.05) is 6.79 Å². The zero-order valence-electron chi connectivity index (χ0n) is 11.7. The van der Waals surface area contributed by atoms with E-state index in [4.69, 9.17) is 9.47 Å². The molecular formula is C16H13N3O3. The molecule has 0 aliphatic carbocycles. The number of hydrogen-bond acceptors (Lipinski definition) is 4. The summed E-state index contributed by atoms with van der Waals surface area (Å²) in [4.78, 5) is 16.5. The lowest BCUT2D eigenvalue weighted by Gasteiger charge is -2.06. The second kappa shape index (κ2) is 5.07. The summed E-state index contributed by atoms with van der Waals surface area (Å²) in [5, 5.41) is 2.89. The minimum Gasteiger partial charge on any atom is -0.454 e. The molecule has 110 valence electrons. The maximum atomic E-state index is 12.3. The lowest BCUT2D eigenvalue weighted by molar-refractivity contribution is 0.0945. The molecule has 1 aromatic carbocycles. The summed E-state index contributed by atoms with van der Waals surface area (Å²) in [6.07, 6.45) is 3.39. The third-order valence-electron chi connectivity index (χ3n) is 3.54. The lowest BCUT2D eigenvalue weighted by Crippen LogP contribution is -2.24. The Morgan fingerprint density at radius 2 is 2.14 bits per heavy atom. The van der Waals surface area contributed by atoms with Gasteiger partial charge < -0.3 is 14.8 Å². The van der Waals surface area contributed by atoms with Gasteiger partial charge in [0.2, 0.25) is 6.79 Å². The van der Waals surface area contributed by atoms with Gasteiger partial charge in [-0.3, -0.25) is 9.20 Å². The van der Waals surface area contributed by atoms with Crippen molar-refractivity contribution in [2.45, 2.75) is 6.54 Å². The topological polar surface area (TPSA) is 64.9 Å². The van der Waals surface area contributed by atoms with E-state index in [2.05, 4.69) is 10.3 Å². The van der Waals surface area contributed by atoms with Crippen LogP contribution in [-0.2, 0) is 6.54 Å². The quantitative estimate of drug-likeness (QED) is 0.802. The lowest BCUT2D eigenvalue weighted by atomic mass is 10.2. The van der Waals surface area contributed by atoms with Gasteiger partial charge in [0.05, 0.1) is 6.20 Å². The van der Waals surface area contributed by atoms with E-state index in [0.717, 1.165) is 17.0 Å². The summed E-state index contributed by atoms with van der Waals surface area (Å²) in [6, 6.07) is 11.2. The summed E-state index contributed by atoms with van der Waals surface area (Å²) in [5.41, 5.74) is 2.21. The van der Waals surface area contributed by atoms with Crippen LogP contribution in [0.15, 0.2) is 48.8 Å². The summed E-state index contributed by atoms with van der Waals surface area (Å²) >= 11 is 0. The van der Waals surface area contributed by atoms with Gasteiger partial charge in [-0.1, -0.05) is 12.1 Å². The van der Waals surface area contributed by atoms with E-state index in [1.54, 1.807) is 10.6 Å². The zero-order valence-corrected chi connectivity index (χ0v) is 11.7. The third-order valence-corrected chi connectivity index (χ3v) is 3.54. The number of rotatable bonds is 3. The minimum atomic E-state index is -0.170. The Morgan fingerprint density at radius 3 is 3.09 bits per heavy atom. The van der Waals surface area contributed by atoms with Crippen molar-refractivity contribution in [1.82, 2.24) is 14.7 Å². The summed E-state index contributed by atoms with van der Waals surface area (Å²) in [7, 11) is 0. The molecule has 1 amide bonds. The number of carbonyl (C=O) groups is 1. The van der Waals surface area contributed by atoms with Gasteiger partial charge in [0, 0.05) is 12.7 Å². The van der Waals surface area contributed by atoms with E-state index in [1.165, 1.54) is 0 Å². The second-order valence-electron chi connectivity index (χ2n) is 4.94. The van der Waals surface area contributed by atoms with Gasteiger partial charge in [0.1, 0.15) is 11.3 Å². The van der Waals surface area contributed by atoms with E-state index in [0.29, 0.717) is 18.0 Å². The Labute approximate surface area is 126 Å². The average Bonchev–Trinajstić information content (AvgIpc) is 3.18.